The summed E-state index contributed by atoms with van der Waals surface area (Å²) in [6.45, 7) is 2.55. The minimum absolute atomic E-state index is 0.128. The Balaban J connectivity index is 1.52. The van der Waals surface area contributed by atoms with Crippen LogP contribution in [0.1, 0.15) is 11.3 Å². The summed E-state index contributed by atoms with van der Waals surface area (Å²) in [5.74, 6) is 1.26. The zero-order valence-electron chi connectivity index (χ0n) is 14.7. The van der Waals surface area contributed by atoms with Crippen molar-refractivity contribution < 1.29 is 9.21 Å². The minimum Gasteiger partial charge on any atom is -0.467 e. The molecule has 6 nitrogen and oxygen atoms in total. The van der Waals surface area contributed by atoms with Gasteiger partial charge in [-0.25, -0.2) is 9.97 Å². The minimum atomic E-state index is -0.130. The second-order valence-corrected chi connectivity index (χ2v) is 7.03. The number of hydrogen-bond acceptors (Lipinski definition) is 6. The molecule has 0 radical (unpaired) electrons. The van der Waals surface area contributed by atoms with Crippen LogP contribution >= 0.6 is 11.3 Å². The van der Waals surface area contributed by atoms with Crippen LogP contribution in [0.5, 0.6) is 0 Å². The Morgan fingerprint density at radius 3 is 2.78 bits per heavy atom. The van der Waals surface area contributed by atoms with E-state index in [4.69, 9.17) is 4.42 Å². The lowest BCUT2D eigenvalue weighted by molar-refractivity contribution is -0.119. The second kappa shape index (κ2) is 7.59. The Morgan fingerprint density at radius 2 is 2.00 bits per heavy atom. The summed E-state index contributed by atoms with van der Waals surface area (Å²) >= 11 is 1.63. The van der Waals surface area contributed by atoms with Crippen LogP contribution in [0.15, 0.2) is 59.5 Å². The number of rotatable bonds is 6. The molecule has 0 saturated heterocycles. The largest absolute Gasteiger partial charge is 0.467 e. The number of anilines is 1. The molecule has 27 heavy (non-hydrogen) atoms. The van der Waals surface area contributed by atoms with Gasteiger partial charge in [-0.15, -0.1) is 11.3 Å². The topological polar surface area (TPSA) is 80.0 Å². The van der Waals surface area contributed by atoms with Crippen LogP contribution < -0.4 is 10.6 Å². The van der Waals surface area contributed by atoms with E-state index in [1.807, 2.05) is 24.3 Å². The van der Waals surface area contributed by atoms with Gasteiger partial charge in [-0.2, -0.15) is 0 Å². The van der Waals surface area contributed by atoms with Gasteiger partial charge in [0.25, 0.3) is 0 Å². The molecule has 0 atom stereocenters. The molecule has 0 unspecified atom stereocenters. The third kappa shape index (κ3) is 3.68. The van der Waals surface area contributed by atoms with Gasteiger partial charge in [-0.05, 0) is 30.2 Å². The van der Waals surface area contributed by atoms with Crippen LogP contribution in [0.25, 0.3) is 20.7 Å². The van der Waals surface area contributed by atoms with Crippen molar-refractivity contribution in [1.29, 1.82) is 0 Å². The molecule has 0 fully saturated rings. The average molecular weight is 378 g/mol. The Kier molecular flexibility index (Phi) is 4.84. The van der Waals surface area contributed by atoms with Crippen molar-refractivity contribution in [3.63, 3.8) is 0 Å². The lowest BCUT2D eigenvalue weighted by atomic mass is 10.1. The fourth-order valence-electron chi connectivity index (χ4n) is 2.90. The van der Waals surface area contributed by atoms with Crippen LogP contribution in [0.3, 0.4) is 0 Å². The van der Waals surface area contributed by atoms with Gasteiger partial charge in [0.2, 0.25) is 5.91 Å². The summed E-state index contributed by atoms with van der Waals surface area (Å²) in [6, 6.07) is 13.8. The number of aryl methyl sites for hydroxylation is 1. The first-order valence-corrected chi connectivity index (χ1v) is 9.36. The normalized spacial score (nSPS) is 10.9. The monoisotopic (exact) mass is 378 g/mol. The maximum atomic E-state index is 12.1. The zero-order valence-corrected chi connectivity index (χ0v) is 15.5. The Hall–Kier alpha value is -3.19. The van der Waals surface area contributed by atoms with Crippen molar-refractivity contribution in [3.05, 3.63) is 66.4 Å². The van der Waals surface area contributed by atoms with E-state index in [1.165, 1.54) is 6.33 Å². The number of nitrogens with one attached hydrogen (secondary N) is 2. The molecular weight excluding hydrogens is 360 g/mol. The smallest absolute Gasteiger partial charge is 0.239 e. The highest BCUT2D eigenvalue weighted by Gasteiger charge is 2.16. The van der Waals surface area contributed by atoms with E-state index in [0.29, 0.717) is 18.1 Å². The highest BCUT2D eigenvalue weighted by Crippen LogP contribution is 2.39. The van der Waals surface area contributed by atoms with Gasteiger partial charge in [0.05, 0.1) is 24.7 Å². The second-order valence-electron chi connectivity index (χ2n) is 6.03. The lowest BCUT2D eigenvalue weighted by Crippen LogP contribution is -2.29. The first kappa shape index (κ1) is 17.2. The number of fused-ring (bicyclic) bond motifs is 1. The molecule has 0 saturated carbocycles. The number of amides is 1. The maximum absolute atomic E-state index is 12.1. The van der Waals surface area contributed by atoms with E-state index in [9.17, 15) is 4.79 Å². The summed E-state index contributed by atoms with van der Waals surface area (Å²) in [5, 5.41) is 6.91. The molecule has 7 heteroatoms. The summed E-state index contributed by atoms with van der Waals surface area (Å²) in [5.41, 5.74) is 2.26. The molecule has 0 aliphatic carbocycles. The number of carbonyl (C=O) groups is 1. The molecule has 0 aliphatic heterocycles. The summed E-state index contributed by atoms with van der Waals surface area (Å²) in [6.07, 6.45) is 3.11. The molecule has 1 amide bonds. The van der Waals surface area contributed by atoms with Crippen LogP contribution in [-0.4, -0.2) is 22.4 Å². The van der Waals surface area contributed by atoms with Gasteiger partial charge in [-0.3, -0.25) is 4.79 Å². The molecule has 136 valence electrons. The number of furan rings is 1. The van der Waals surface area contributed by atoms with Crippen molar-refractivity contribution in [2.45, 2.75) is 13.5 Å². The third-order valence-electron chi connectivity index (χ3n) is 4.22. The quantitative estimate of drug-likeness (QED) is 0.530. The highest BCUT2D eigenvalue weighted by atomic mass is 32.1. The van der Waals surface area contributed by atoms with Crippen molar-refractivity contribution >= 4 is 33.3 Å². The molecule has 4 aromatic rings. The van der Waals surface area contributed by atoms with E-state index >= 15 is 0 Å². The highest BCUT2D eigenvalue weighted by molar-refractivity contribution is 7.22. The Bertz CT molecular complexity index is 1060. The predicted octanol–water partition coefficient (Wildman–Crippen LogP) is 3.99. The maximum Gasteiger partial charge on any atom is 0.239 e. The molecule has 1 aromatic carbocycles. The first-order chi connectivity index (χ1) is 13.2. The fraction of sp³-hybridized carbons (Fsp3) is 0.150. The molecule has 2 N–H and O–H groups in total. The van der Waals surface area contributed by atoms with Crippen LogP contribution in [0, 0.1) is 6.92 Å². The Labute approximate surface area is 160 Å². The number of thiophene rings is 1. The van der Waals surface area contributed by atoms with Crippen LogP contribution in [0.2, 0.25) is 0 Å². The number of aromatic nitrogens is 2. The zero-order chi connectivity index (χ0) is 18.6. The Morgan fingerprint density at radius 1 is 1.15 bits per heavy atom. The van der Waals surface area contributed by atoms with E-state index < -0.39 is 0 Å². The molecular formula is C20H18N4O2S. The van der Waals surface area contributed by atoms with Crippen molar-refractivity contribution in [1.82, 2.24) is 15.3 Å². The van der Waals surface area contributed by atoms with Crippen molar-refractivity contribution in [2.24, 2.45) is 0 Å². The summed E-state index contributed by atoms with van der Waals surface area (Å²) in [7, 11) is 0. The van der Waals surface area contributed by atoms with Crippen molar-refractivity contribution in [3.8, 4) is 10.4 Å². The third-order valence-corrected chi connectivity index (χ3v) is 5.47. The van der Waals surface area contributed by atoms with E-state index in [-0.39, 0.29) is 12.5 Å². The number of nitrogens with zero attached hydrogens (tertiary/aromatic N) is 2. The molecule has 3 heterocycles. The van der Waals surface area contributed by atoms with Gasteiger partial charge < -0.3 is 15.1 Å². The first-order valence-electron chi connectivity index (χ1n) is 8.55. The van der Waals surface area contributed by atoms with Gasteiger partial charge in [-0.1, -0.05) is 30.3 Å². The van der Waals surface area contributed by atoms with Gasteiger partial charge in [0, 0.05) is 4.88 Å². The number of benzene rings is 1. The fourth-order valence-corrected chi connectivity index (χ4v) is 4.05. The van der Waals surface area contributed by atoms with Gasteiger partial charge in [0.1, 0.15) is 22.7 Å². The number of hydrogen-bond donors (Lipinski definition) is 2. The predicted molar refractivity (Wildman–Crippen MR) is 107 cm³/mol. The van der Waals surface area contributed by atoms with E-state index in [2.05, 4.69) is 39.7 Å². The van der Waals surface area contributed by atoms with Crippen molar-refractivity contribution in [2.75, 3.05) is 11.9 Å². The summed E-state index contributed by atoms with van der Waals surface area (Å²) < 4.78 is 5.21. The SMILES string of the molecule is Cc1c(-c2ccccc2)sc2ncnc(NCC(=O)NCc3ccco3)c12. The molecule has 0 bridgehead atoms. The average Bonchev–Trinajstić information content (AvgIpc) is 3.34. The molecule has 4 rings (SSSR count). The van der Waals surface area contributed by atoms with E-state index in [0.717, 1.165) is 26.2 Å². The van der Waals surface area contributed by atoms with Crippen LogP contribution in [-0.2, 0) is 11.3 Å². The molecule has 0 spiro atoms. The van der Waals surface area contributed by atoms with Gasteiger partial charge >= 0.3 is 0 Å². The lowest BCUT2D eigenvalue weighted by Gasteiger charge is -2.08. The van der Waals surface area contributed by atoms with Crippen LogP contribution in [0.4, 0.5) is 5.82 Å². The molecule has 3 aromatic heterocycles. The standard InChI is InChI=1S/C20H18N4O2S/c1-13-17-19(22-11-16(25)21-10-15-8-5-9-26-15)23-12-24-20(17)27-18(13)14-6-3-2-4-7-14/h2-9,12H,10-11H2,1H3,(H,21,25)(H,22,23,24). The van der Waals surface area contributed by atoms with Gasteiger partial charge in [0.15, 0.2) is 0 Å². The van der Waals surface area contributed by atoms with E-state index in [1.54, 1.807) is 23.7 Å². The molecule has 0 aliphatic rings. The summed E-state index contributed by atoms with van der Waals surface area (Å²) in [4.78, 5) is 22.9. The number of carbonyl (C=O) groups excluding carboxylic acids is 1.